The molecule has 0 aliphatic heterocycles. The lowest BCUT2D eigenvalue weighted by molar-refractivity contribution is 0.584. The molecule has 1 aromatic carbocycles. The molecule has 0 atom stereocenters. The van der Waals surface area contributed by atoms with Gasteiger partial charge >= 0.3 is 0 Å². The Morgan fingerprint density at radius 1 is 1.25 bits per heavy atom. The topological polar surface area (TPSA) is 47.6 Å². The molecule has 0 heterocycles. The Labute approximate surface area is 105 Å². The molecule has 0 unspecified atom stereocenters. The van der Waals surface area contributed by atoms with Gasteiger partial charge in [-0.15, -0.1) is 0 Å². The maximum absolute atomic E-state index is 8.94. The molecule has 0 fully saturated rings. The molecule has 0 N–H and O–H groups in total. The lowest BCUT2D eigenvalue weighted by Gasteiger charge is -2.23. The summed E-state index contributed by atoms with van der Waals surface area (Å²) in [6, 6.07) is 8.00. The molecular weight excluding hydrogens is 264 g/mol. The van der Waals surface area contributed by atoms with Crippen LogP contribution >= 0.6 is 15.9 Å². The van der Waals surface area contributed by atoms with E-state index in [4.69, 9.17) is 10.5 Å². The molecule has 1 aromatic rings. The molecule has 3 heteroatoms. The molecule has 0 saturated carbocycles. The minimum Gasteiger partial charge on any atom is -0.198 e. The first-order valence-corrected chi connectivity index (χ1v) is 5.80. The average Bonchev–Trinajstić information content (AvgIpc) is 2.19. The van der Waals surface area contributed by atoms with Gasteiger partial charge in [0.15, 0.2) is 0 Å². The van der Waals surface area contributed by atoms with Crippen molar-refractivity contribution in [3.05, 3.63) is 33.3 Å². The zero-order valence-electron chi connectivity index (χ0n) is 9.63. The summed E-state index contributed by atoms with van der Waals surface area (Å²) in [6.45, 7) is 6.30. The minimum absolute atomic E-state index is 0.0251. The van der Waals surface area contributed by atoms with Gasteiger partial charge in [0.2, 0.25) is 0 Å². The third-order valence-corrected chi connectivity index (χ3v) is 3.33. The summed E-state index contributed by atoms with van der Waals surface area (Å²) in [5.74, 6) is 0. The van der Waals surface area contributed by atoms with E-state index in [-0.39, 0.29) is 5.41 Å². The van der Waals surface area contributed by atoms with Crippen molar-refractivity contribution in [3.63, 3.8) is 0 Å². The zero-order chi connectivity index (χ0) is 12.3. The third kappa shape index (κ3) is 2.43. The van der Waals surface area contributed by atoms with Crippen LogP contribution in [0, 0.1) is 22.7 Å². The fourth-order valence-corrected chi connectivity index (χ4v) is 2.24. The van der Waals surface area contributed by atoms with Gasteiger partial charge in [0.1, 0.15) is 6.07 Å². The van der Waals surface area contributed by atoms with Crippen molar-refractivity contribution in [1.82, 2.24) is 0 Å². The van der Waals surface area contributed by atoms with Crippen LogP contribution in [-0.4, -0.2) is 0 Å². The predicted molar refractivity (Wildman–Crippen MR) is 66.9 cm³/mol. The monoisotopic (exact) mass is 276 g/mol. The number of hydrogen-bond donors (Lipinski definition) is 0. The van der Waals surface area contributed by atoms with Gasteiger partial charge in [-0.1, -0.05) is 26.8 Å². The molecule has 0 aliphatic rings. The Hall–Kier alpha value is -1.32. The molecule has 16 heavy (non-hydrogen) atoms. The van der Waals surface area contributed by atoms with E-state index in [0.717, 1.165) is 15.6 Å². The SMILES string of the molecule is CC(C)(C)c1ccc(C#N)c(Br)c1CC#N. The molecule has 0 radical (unpaired) electrons. The minimum atomic E-state index is -0.0251. The lowest BCUT2D eigenvalue weighted by Crippen LogP contribution is -2.15. The van der Waals surface area contributed by atoms with Crippen molar-refractivity contribution in [3.8, 4) is 12.1 Å². The molecule has 2 nitrogen and oxygen atoms in total. The lowest BCUT2D eigenvalue weighted by atomic mass is 9.82. The van der Waals surface area contributed by atoms with Crippen LogP contribution in [0.15, 0.2) is 16.6 Å². The van der Waals surface area contributed by atoms with Crippen LogP contribution in [0.1, 0.15) is 37.5 Å². The molecule has 1 rings (SSSR count). The van der Waals surface area contributed by atoms with Gasteiger partial charge in [-0.25, -0.2) is 0 Å². The number of rotatable bonds is 1. The summed E-state index contributed by atoms with van der Waals surface area (Å²) in [6.07, 6.45) is 0.322. The summed E-state index contributed by atoms with van der Waals surface area (Å²) >= 11 is 3.41. The largest absolute Gasteiger partial charge is 0.198 e. The van der Waals surface area contributed by atoms with E-state index in [0.29, 0.717) is 12.0 Å². The van der Waals surface area contributed by atoms with Gasteiger partial charge in [0, 0.05) is 4.47 Å². The van der Waals surface area contributed by atoms with Gasteiger partial charge in [-0.2, -0.15) is 10.5 Å². The van der Waals surface area contributed by atoms with Crippen molar-refractivity contribution >= 4 is 15.9 Å². The predicted octanol–water partition coefficient (Wildman–Crippen LogP) is 3.68. The van der Waals surface area contributed by atoms with Gasteiger partial charge in [-0.3, -0.25) is 0 Å². The van der Waals surface area contributed by atoms with Gasteiger partial charge < -0.3 is 0 Å². The van der Waals surface area contributed by atoms with Gasteiger partial charge in [0.05, 0.1) is 18.1 Å². The van der Waals surface area contributed by atoms with E-state index < -0.39 is 0 Å². The highest BCUT2D eigenvalue weighted by molar-refractivity contribution is 9.10. The number of hydrogen-bond acceptors (Lipinski definition) is 2. The quantitative estimate of drug-likeness (QED) is 0.786. The summed E-state index contributed by atoms with van der Waals surface area (Å²) in [5, 5.41) is 17.8. The maximum atomic E-state index is 8.94. The summed E-state index contributed by atoms with van der Waals surface area (Å²) in [4.78, 5) is 0. The van der Waals surface area contributed by atoms with Crippen molar-refractivity contribution in [2.75, 3.05) is 0 Å². The number of nitriles is 2. The van der Waals surface area contributed by atoms with Crippen LogP contribution in [-0.2, 0) is 11.8 Å². The van der Waals surface area contributed by atoms with E-state index in [2.05, 4.69) is 48.8 Å². The number of halogens is 1. The summed E-state index contributed by atoms with van der Waals surface area (Å²) < 4.78 is 0.754. The van der Waals surface area contributed by atoms with Crippen molar-refractivity contribution in [2.45, 2.75) is 32.6 Å². The fraction of sp³-hybridized carbons (Fsp3) is 0.385. The maximum Gasteiger partial charge on any atom is 0.100 e. The smallest absolute Gasteiger partial charge is 0.100 e. The number of nitrogens with zero attached hydrogens (tertiary/aromatic N) is 2. The van der Waals surface area contributed by atoms with Gasteiger partial charge in [-0.05, 0) is 38.5 Å². The molecule has 82 valence electrons. The first-order valence-electron chi connectivity index (χ1n) is 5.00. The van der Waals surface area contributed by atoms with Crippen molar-refractivity contribution in [2.24, 2.45) is 0 Å². The van der Waals surface area contributed by atoms with Crippen LogP contribution in [0.4, 0.5) is 0 Å². The summed E-state index contributed by atoms with van der Waals surface area (Å²) in [7, 11) is 0. The van der Waals surface area contributed by atoms with Crippen LogP contribution in [0.5, 0.6) is 0 Å². The normalized spacial score (nSPS) is 10.6. The zero-order valence-corrected chi connectivity index (χ0v) is 11.2. The van der Waals surface area contributed by atoms with Crippen LogP contribution < -0.4 is 0 Å². The number of benzene rings is 1. The molecule has 0 spiro atoms. The Kier molecular flexibility index (Phi) is 3.73. The standard InChI is InChI=1S/C13H13BrN2/c1-13(2,3)11-5-4-9(8-16)12(14)10(11)6-7-15/h4-5H,6H2,1-3H3. The molecule has 0 bridgehead atoms. The molecular formula is C13H13BrN2. The molecule has 0 amide bonds. The van der Waals surface area contributed by atoms with E-state index in [1.807, 2.05) is 6.07 Å². The first-order chi connectivity index (χ1) is 7.41. The van der Waals surface area contributed by atoms with Crippen LogP contribution in [0.25, 0.3) is 0 Å². The van der Waals surface area contributed by atoms with Gasteiger partial charge in [0.25, 0.3) is 0 Å². The Balaban J connectivity index is 3.49. The highest BCUT2D eigenvalue weighted by Crippen LogP contribution is 2.32. The molecule has 0 aliphatic carbocycles. The Morgan fingerprint density at radius 3 is 2.31 bits per heavy atom. The van der Waals surface area contributed by atoms with E-state index in [1.165, 1.54) is 0 Å². The average molecular weight is 277 g/mol. The van der Waals surface area contributed by atoms with Crippen molar-refractivity contribution < 1.29 is 0 Å². The Bertz CT molecular complexity index is 484. The van der Waals surface area contributed by atoms with Crippen molar-refractivity contribution in [1.29, 1.82) is 10.5 Å². The van der Waals surface area contributed by atoms with E-state index in [9.17, 15) is 0 Å². The second-order valence-electron chi connectivity index (χ2n) is 4.65. The Morgan fingerprint density at radius 2 is 1.88 bits per heavy atom. The highest BCUT2D eigenvalue weighted by Gasteiger charge is 2.20. The fourth-order valence-electron chi connectivity index (χ4n) is 1.66. The third-order valence-electron chi connectivity index (χ3n) is 2.43. The van der Waals surface area contributed by atoms with Crippen LogP contribution in [0.3, 0.4) is 0 Å². The molecule has 0 aromatic heterocycles. The second kappa shape index (κ2) is 4.68. The summed E-state index contributed by atoms with van der Waals surface area (Å²) in [5.41, 5.74) is 2.59. The second-order valence-corrected chi connectivity index (χ2v) is 5.44. The molecule has 0 saturated heterocycles. The highest BCUT2D eigenvalue weighted by atomic mass is 79.9. The van der Waals surface area contributed by atoms with E-state index >= 15 is 0 Å². The van der Waals surface area contributed by atoms with Crippen LogP contribution in [0.2, 0.25) is 0 Å². The van der Waals surface area contributed by atoms with E-state index in [1.54, 1.807) is 6.07 Å². The first kappa shape index (κ1) is 12.7.